The van der Waals surface area contributed by atoms with Crippen molar-refractivity contribution in [1.82, 2.24) is 0 Å². The smallest absolute Gasteiger partial charge is 0.167 e. The van der Waals surface area contributed by atoms with Crippen LogP contribution in [0.15, 0.2) is 48.5 Å². The Labute approximate surface area is 114 Å². The van der Waals surface area contributed by atoms with Crippen molar-refractivity contribution in [3.8, 4) is 5.75 Å². The molecule has 2 aromatic rings. The molecule has 0 amide bonds. The summed E-state index contributed by atoms with van der Waals surface area (Å²) in [5.41, 5.74) is 2.96. The SMILES string of the molecule is CCc1ccccc1C(=O)Cc1ccc(OC)cc1. The molecule has 0 unspecified atom stereocenters. The van der Waals surface area contributed by atoms with Crippen LogP contribution in [0.25, 0.3) is 0 Å². The topological polar surface area (TPSA) is 26.3 Å². The summed E-state index contributed by atoms with van der Waals surface area (Å²) in [6, 6.07) is 15.5. The van der Waals surface area contributed by atoms with Gasteiger partial charge in [-0.3, -0.25) is 4.79 Å². The molecule has 2 nitrogen and oxygen atoms in total. The lowest BCUT2D eigenvalue weighted by atomic mass is 9.97. The summed E-state index contributed by atoms with van der Waals surface area (Å²) in [7, 11) is 1.64. The molecule has 2 rings (SSSR count). The Balaban J connectivity index is 2.16. The number of hydrogen-bond donors (Lipinski definition) is 0. The van der Waals surface area contributed by atoms with Crippen LogP contribution in [0.5, 0.6) is 5.75 Å². The highest BCUT2D eigenvalue weighted by molar-refractivity contribution is 5.98. The van der Waals surface area contributed by atoms with E-state index in [9.17, 15) is 4.79 Å². The van der Waals surface area contributed by atoms with E-state index < -0.39 is 0 Å². The molecule has 0 radical (unpaired) electrons. The highest BCUT2D eigenvalue weighted by Gasteiger charge is 2.10. The van der Waals surface area contributed by atoms with Crippen LogP contribution in [0.3, 0.4) is 0 Å². The molecule has 0 aliphatic heterocycles. The Bertz CT molecular complexity index is 556. The van der Waals surface area contributed by atoms with E-state index in [1.54, 1.807) is 7.11 Å². The van der Waals surface area contributed by atoms with Crippen molar-refractivity contribution in [2.24, 2.45) is 0 Å². The molecule has 2 heteroatoms. The van der Waals surface area contributed by atoms with Gasteiger partial charge in [-0.2, -0.15) is 0 Å². The first kappa shape index (κ1) is 13.3. The number of rotatable bonds is 5. The Morgan fingerprint density at radius 2 is 1.74 bits per heavy atom. The predicted molar refractivity (Wildman–Crippen MR) is 76.8 cm³/mol. The number of ether oxygens (including phenoxy) is 1. The summed E-state index contributed by atoms with van der Waals surface area (Å²) in [5.74, 6) is 0.979. The van der Waals surface area contributed by atoms with E-state index in [4.69, 9.17) is 4.74 Å². The Hall–Kier alpha value is -2.09. The summed E-state index contributed by atoms with van der Waals surface area (Å²) in [6.07, 6.45) is 1.31. The second-order valence-corrected chi connectivity index (χ2v) is 4.46. The van der Waals surface area contributed by atoms with Crippen molar-refractivity contribution in [3.05, 3.63) is 65.2 Å². The Morgan fingerprint density at radius 1 is 1.05 bits per heavy atom. The largest absolute Gasteiger partial charge is 0.497 e. The van der Waals surface area contributed by atoms with Gasteiger partial charge in [-0.15, -0.1) is 0 Å². The molecule has 98 valence electrons. The summed E-state index contributed by atoms with van der Waals surface area (Å²) in [6.45, 7) is 2.07. The molecule has 0 atom stereocenters. The summed E-state index contributed by atoms with van der Waals surface area (Å²) >= 11 is 0. The number of Topliss-reactive ketones (excluding diaryl/α,β-unsaturated/α-hetero) is 1. The monoisotopic (exact) mass is 254 g/mol. The van der Waals surface area contributed by atoms with Crippen LogP contribution >= 0.6 is 0 Å². The minimum atomic E-state index is 0.169. The molecule has 0 aromatic heterocycles. The maximum atomic E-state index is 12.3. The van der Waals surface area contributed by atoms with Crippen molar-refractivity contribution in [2.75, 3.05) is 7.11 Å². The summed E-state index contributed by atoms with van der Waals surface area (Å²) in [4.78, 5) is 12.3. The van der Waals surface area contributed by atoms with Gasteiger partial charge in [-0.05, 0) is 29.7 Å². The zero-order valence-electron chi connectivity index (χ0n) is 11.3. The van der Waals surface area contributed by atoms with Crippen molar-refractivity contribution >= 4 is 5.78 Å². The minimum absolute atomic E-state index is 0.169. The Kier molecular flexibility index (Phi) is 4.35. The summed E-state index contributed by atoms with van der Waals surface area (Å²) in [5, 5.41) is 0. The lowest BCUT2D eigenvalue weighted by molar-refractivity contribution is 0.0992. The van der Waals surface area contributed by atoms with Crippen LogP contribution in [0.2, 0.25) is 0 Å². The van der Waals surface area contributed by atoms with Gasteiger partial charge in [-0.25, -0.2) is 0 Å². The van der Waals surface area contributed by atoms with Gasteiger partial charge < -0.3 is 4.74 Å². The number of benzene rings is 2. The van der Waals surface area contributed by atoms with E-state index >= 15 is 0 Å². The lowest BCUT2D eigenvalue weighted by Gasteiger charge is -2.07. The van der Waals surface area contributed by atoms with E-state index in [0.717, 1.165) is 28.9 Å². The average molecular weight is 254 g/mol. The fourth-order valence-corrected chi connectivity index (χ4v) is 2.12. The van der Waals surface area contributed by atoms with Gasteiger partial charge >= 0.3 is 0 Å². The first-order valence-electron chi connectivity index (χ1n) is 6.48. The van der Waals surface area contributed by atoms with E-state index in [2.05, 4.69) is 6.92 Å². The lowest BCUT2D eigenvalue weighted by Crippen LogP contribution is -2.06. The fraction of sp³-hybridized carbons (Fsp3) is 0.235. The predicted octanol–water partition coefficient (Wildman–Crippen LogP) is 3.68. The maximum Gasteiger partial charge on any atom is 0.167 e. The van der Waals surface area contributed by atoms with Gasteiger partial charge in [0.2, 0.25) is 0 Å². The van der Waals surface area contributed by atoms with Crippen LogP contribution < -0.4 is 4.74 Å². The number of carbonyl (C=O) groups excluding carboxylic acids is 1. The number of ketones is 1. The van der Waals surface area contributed by atoms with E-state index in [1.807, 2.05) is 48.5 Å². The van der Waals surface area contributed by atoms with Crippen LogP contribution in [-0.2, 0) is 12.8 Å². The molecule has 19 heavy (non-hydrogen) atoms. The normalized spacial score (nSPS) is 10.2. The minimum Gasteiger partial charge on any atom is -0.497 e. The van der Waals surface area contributed by atoms with Crippen molar-refractivity contribution < 1.29 is 9.53 Å². The van der Waals surface area contributed by atoms with Gasteiger partial charge in [0.25, 0.3) is 0 Å². The van der Waals surface area contributed by atoms with Gasteiger partial charge in [0.15, 0.2) is 5.78 Å². The van der Waals surface area contributed by atoms with E-state index in [-0.39, 0.29) is 5.78 Å². The zero-order valence-corrected chi connectivity index (χ0v) is 11.3. The molecule has 0 N–H and O–H groups in total. The van der Waals surface area contributed by atoms with Crippen molar-refractivity contribution in [2.45, 2.75) is 19.8 Å². The van der Waals surface area contributed by atoms with Gasteiger partial charge in [0, 0.05) is 12.0 Å². The highest BCUT2D eigenvalue weighted by atomic mass is 16.5. The average Bonchev–Trinajstić information content (AvgIpc) is 2.48. The van der Waals surface area contributed by atoms with Crippen molar-refractivity contribution in [3.63, 3.8) is 0 Å². The quantitative estimate of drug-likeness (QED) is 0.761. The molecule has 2 aromatic carbocycles. The maximum absolute atomic E-state index is 12.3. The molecular weight excluding hydrogens is 236 g/mol. The van der Waals surface area contributed by atoms with Crippen LogP contribution in [0.1, 0.15) is 28.4 Å². The number of hydrogen-bond acceptors (Lipinski definition) is 2. The van der Waals surface area contributed by atoms with Crippen LogP contribution in [0.4, 0.5) is 0 Å². The first-order valence-corrected chi connectivity index (χ1v) is 6.48. The molecule has 0 spiro atoms. The second-order valence-electron chi connectivity index (χ2n) is 4.46. The van der Waals surface area contributed by atoms with E-state index in [1.165, 1.54) is 0 Å². The van der Waals surface area contributed by atoms with Crippen molar-refractivity contribution in [1.29, 1.82) is 0 Å². The third-order valence-corrected chi connectivity index (χ3v) is 3.22. The van der Waals surface area contributed by atoms with E-state index in [0.29, 0.717) is 6.42 Å². The van der Waals surface area contributed by atoms with Crippen LogP contribution in [0, 0.1) is 0 Å². The molecule has 0 saturated heterocycles. The fourth-order valence-electron chi connectivity index (χ4n) is 2.12. The number of carbonyl (C=O) groups is 1. The Morgan fingerprint density at radius 3 is 2.37 bits per heavy atom. The van der Waals surface area contributed by atoms with Gasteiger partial charge in [0.1, 0.15) is 5.75 Å². The van der Waals surface area contributed by atoms with Gasteiger partial charge in [0.05, 0.1) is 7.11 Å². The molecule has 0 heterocycles. The third kappa shape index (κ3) is 3.22. The zero-order chi connectivity index (χ0) is 13.7. The second kappa shape index (κ2) is 6.19. The standard InChI is InChI=1S/C17H18O2/c1-3-14-6-4-5-7-16(14)17(18)12-13-8-10-15(19-2)11-9-13/h4-11H,3,12H2,1-2H3. The molecule has 0 aliphatic rings. The first-order chi connectivity index (χ1) is 9.24. The molecular formula is C17H18O2. The molecule has 0 saturated carbocycles. The number of aryl methyl sites for hydroxylation is 1. The van der Waals surface area contributed by atoms with Crippen LogP contribution in [-0.4, -0.2) is 12.9 Å². The summed E-state index contributed by atoms with van der Waals surface area (Å²) < 4.78 is 5.11. The van der Waals surface area contributed by atoms with Gasteiger partial charge in [-0.1, -0.05) is 43.3 Å². The highest BCUT2D eigenvalue weighted by Crippen LogP contribution is 2.16. The third-order valence-electron chi connectivity index (χ3n) is 3.22. The number of methoxy groups -OCH3 is 1. The molecule has 0 fully saturated rings. The molecule has 0 bridgehead atoms. The molecule has 0 aliphatic carbocycles.